The number of hydrogen-bond donors (Lipinski definition) is 2. The molecule has 0 fully saturated rings. The molecule has 0 aromatic heterocycles. The van der Waals surface area contributed by atoms with Gasteiger partial charge in [0.25, 0.3) is 0 Å². The van der Waals surface area contributed by atoms with Crippen LogP contribution in [0, 0.1) is 0 Å². The van der Waals surface area contributed by atoms with Crippen LogP contribution in [0.1, 0.15) is 1.43 Å². The fourth-order valence-electron chi connectivity index (χ4n) is 0. The van der Waals surface area contributed by atoms with E-state index >= 15 is 0 Å². The summed E-state index contributed by atoms with van der Waals surface area (Å²) in [7, 11) is 0. The molecule has 9 heavy (non-hydrogen) atoms. The molecular weight excluding hydrogens is 309 g/mol. The Bertz CT molecular complexity index is 108. The largest absolute Gasteiger partial charge is 0 e. The fourth-order valence-corrected chi connectivity index (χ4v) is 0. The van der Waals surface area contributed by atoms with Gasteiger partial charge in [0.15, 0.2) is 0 Å². The average Bonchev–Trinajstić information content (AvgIpc) is 0.722. The first kappa shape index (κ1) is 30.2. The predicted molar refractivity (Wildman–Crippen MR) is 6.92 cm³/mol. The van der Waals surface area contributed by atoms with E-state index in [1.165, 1.54) is 0 Å². The summed E-state index contributed by atoms with van der Waals surface area (Å²) in [5, 5.41) is 0. The Balaban J connectivity index is -0.00000000800. The summed E-state index contributed by atoms with van der Waals surface area (Å²) in [4.78, 5) is 0. The van der Waals surface area contributed by atoms with E-state index in [9.17, 15) is 0 Å². The summed E-state index contributed by atoms with van der Waals surface area (Å²) in [5.74, 6) is 0. The normalized spacial score (nSPS) is 6.44. The summed E-state index contributed by atoms with van der Waals surface area (Å²) < 4.78 is 31.8. The molecule has 0 heterocycles. The molecule has 0 rings (SSSR count). The molecule has 4 nitrogen and oxygen atoms in total. The third kappa shape index (κ3) is 137. The predicted octanol–water partition coefficient (Wildman–Crippen LogP) is -4.25. The monoisotopic (exact) mass is 310 g/mol. The van der Waals surface area contributed by atoms with Gasteiger partial charge in [-0.1, -0.05) is 0 Å². The third-order valence-electron chi connectivity index (χ3n) is 0. The molecule has 0 spiro atoms. The van der Waals surface area contributed by atoms with Crippen molar-refractivity contribution in [2.75, 3.05) is 0 Å². The van der Waals surface area contributed by atoms with E-state index in [1.54, 1.807) is 0 Å². The smallest absolute Gasteiger partial charge is 0 e. The molecule has 0 amide bonds. The van der Waals surface area contributed by atoms with Crippen LogP contribution in [0.3, 0.4) is 0 Å². The van der Waals surface area contributed by atoms with Crippen molar-refractivity contribution >= 4 is 0 Å². The van der Waals surface area contributed by atoms with Gasteiger partial charge in [0.1, 0.15) is 0 Å². The first-order valence-corrected chi connectivity index (χ1v) is 2.67. The molecule has 2 N–H and O–H groups in total. The molecule has 0 aliphatic rings. The van der Waals surface area contributed by atoms with E-state index in [0.717, 1.165) is 0 Å². The van der Waals surface area contributed by atoms with Crippen LogP contribution < -0.4 is 18.9 Å². The molecule has 0 aromatic carbocycles. The van der Waals surface area contributed by atoms with E-state index in [-0.39, 0.29) is 73.0 Å². The summed E-state index contributed by atoms with van der Waals surface area (Å²) in [6.45, 7) is 0. The van der Waals surface area contributed by atoms with Crippen molar-refractivity contribution in [1.29, 1.82) is 0 Å². The average molecular weight is 312 g/mol. The zero-order chi connectivity index (χ0) is 4.50. The molecule has 0 aromatic rings. The van der Waals surface area contributed by atoms with Crippen LogP contribution in [0.15, 0.2) is 0 Å². The minimum absolute atomic E-state index is 0. The van der Waals surface area contributed by atoms with Gasteiger partial charge in [-0.25, -0.2) is 0 Å². The Kier molecular flexibility index (Phi) is 43.3. The maximum absolute atomic E-state index is 8.80. The molecule has 0 aliphatic carbocycles. The Hall–Kier alpha value is 2.26. The second-order valence-electron chi connectivity index (χ2n) is 0.415. The van der Waals surface area contributed by atoms with Gasteiger partial charge in [-0.2, -0.15) is 0 Å². The first-order valence-electron chi connectivity index (χ1n) is 0.647. The molecule has 0 saturated heterocycles. The maximum Gasteiger partial charge on any atom is 0 e. The standard InChI is InChI=1S/Co.Li.Mn.Ni.2H2O.2O.Zn.H/h;;;;2*1H2;;;;/q;+1;+2;;;;;;;-1/p-2. The van der Waals surface area contributed by atoms with Gasteiger partial charge in [0, 0.05) is 52.7 Å². The molecular formula is H3CoLiMnNiO4Zn. The second kappa shape index (κ2) is 12.9. The van der Waals surface area contributed by atoms with E-state index in [4.69, 9.17) is 16.0 Å². The van der Waals surface area contributed by atoms with Crippen molar-refractivity contribution in [3.8, 4) is 0 Å². The summed E-state index contributed by atoms with van der Waals surface area (Å²) in [6, 6.07) is 0. The van der Waals surface area contributed by atoms with Crippen molar-refractivity contribution < 1.29 is 102 Å². The fraction of sp³-hybridized carbons (Fsp3) is 0. The second-order valence-corrected chi connectivity index (χ2v) is 1.71. The van der Waals surface area contributed by atoms with Crippen molar-refractivity contribution in [3.63, 3.8) is 0 Å². The van der Waals surface area contributed by atoms with E-state index < -0.39 is 13.4 Å². The molecule has 0 atom stereocenters. The summed E-state index contributed by atoms with van der Waals surface area (Å²) in [5.41, 5.74) is 0. The van der Waals surface area contributed by atoms with Gasteiger partial charge >= 0.3 is 48.3 Å². The van der Waals surface area contributed by atoms with Gasteiger partial charge < -0.3 is 1.43 Å². The molecule has 0 saturated carbocycles. The van der Waals surface area contributed by atoms with Crippen LogP contribution >= 0.6 is 0 Å². The first-order chi connectivity index (χ1) is 2.00. The number of rotatable bonds is 0. The Morgan fingerprint density at radius 3 is 1.22 bits per heavy atom. The van der Waals surface area contributed by atoms with Gasteiger partial charge in [-0.15, -0.1) is 0 Å². The molecule has 0 unspecified atom stereocenters. The summed E-state index contributed by atoms with van der Waals surface area (Å²) in [6.07, 6.45) is 0. The van der Waals surface area contributed by atoms with Crippen LogP contribution in [0.4, 0.5) is 0 Å². The zero-order valence-electron chi connectivity index (χ0n) is 5.45. The van der Waals surface area contributed by atoms with Gasteiger partial charge in [0.2, 0.25) is 0 Å². The Morgan fingerprint density at radius 1 is 1.22 bits per heavy atom. The van der Waals surface area contributed by atoms with E-state index in [0.29, 0.717) is 0 Å². The number of hydrogen-bond acceptors (Lipinski definition) is 2. The van der Waals surface area contributed by atoms with Crippen LogP contribution in [0.2, 0.25) is 0 Å². The van der Waals surface area contributed by atoms with Gasteiger partial charge in [0.05, 0.1) is 0 Å². The topological polar surface area (TPSA) is 74.6 Å². The Morgan fingerprint density at radius 2 is 1.22 bits per heavy atom. The van der Waals surface area contributed by atoms with Crippen LogP contribution in [0.5, 0.6) is 0 Å². The third-order valence-corrected chi connectivity index (χ3v) is 0. The summed E-state index contributed by atoms with van der Waals surface area (Å²) >= 11 is -5.12. The quantitative estimate of drug-likeness (QED) is 0.445. The molecule has 9 heteroatoms. The van der Waals surface area contributed by atoms with Crippen LogP contribution in [0.25, 0.3) is 0 Å². The van der Waals surface area contributed by atoms with Crippen LogP contribution in [-0.4, -0.2) is 8.38 Å². The van der Waals surface area contributed by atoms with Crippen molar-refractivity contribution in [2.24, 2.45) is 0 Å². The van der Waals surface area contributed by atoms with Gasteiger partial charge in [-0.3, -0.25) is 0 Å². The zero-order valence-corrected chi connectivity index (χ0v) is 10.6. The van der Waals surface area contributed by atoms with Gasteiger partial charge in [-0.05, 0) is 0 Å². The molecule has 0 bridgehead atoms. The van der Waals surface area contributed by atoms with Crippen molar-refractivity contribution in [1.82, 2.24) is 0 Å². The van der Waals surface area contributed by atoms with Crippen molar-refractivity contribution in [2.45, 2.75) is 0 Å². The molecule has 1 radical (unpaired) electrons. The van der Waals surface area contributed by atoms with E-state index in [2.05, 4.69) is 0 Å². The van der Waals surface area contributed by atoms with Crippen LogP contribution in [-0.2, 0) is 73.8 Å². The SMILES string of the molecule is [Co].[H-].[Li+].[Ni].[O]=[Mn](=[O])([OH])[OH].[Zn]. The Labute approximate surface area is 101 Å². The minimum atomic E-state index is -5.12. The molecule has 56 valence electrons. The van der Waals surface area contributed by atoms with E-state index in [1.807, 2.05) is 0 Å². The van der Waals surface area contributed by atoms with Crippen molar-refractivity contribution in [3.05, 3.63) is 0 Å². The molecule has 0 aliphatic heterocycles. The maximum atomic E-state index is 8.80. The minimum Gasteiger partial charge on any atom is 0 e.